The SMILES string of the molecule is CNCC1CCCCN(C)C1c1cncn1C. The van der Waals surface area contributed by atoms with Crippen molar-refractivity contribution in [1.29, 1.82) is 0 Å². The predicted octanol–water partition coefficient (Wildman–Crippen LogP) is 1.41. The Kier molecular flexibility index (Phi) is 4.18. The zero-order valence-electron chi connectivity index (χ0n) is 11.2. The monoisotopic (exact) mass is 236 g/mol. The third kappa shape index (κ3) is 2.69. The van der Waals surface area contributed by atoms with Gasteiger partial charge in [0.2, 0.25) is 0 Å². The van der Waals surface area contributed by atoms with Gasteiger partial charge < -0.3 is 9.88 Å². The highest BCUT2D eigenvalue weighted by Crippen LogP contribution is 2.33. The Bertz CT molecular complexity index is 347. The van der Waals surface area contributed by atoms with Crippen LogP contribution in [0.2, 0.25) is 0 Å². The molecular weight excluding hydrogens is 212 g/mol. The summed E-state index contributed by atoms with van der Waals surface area (Å²) in [5.41, 5.74) is 1.34. The maximum Gasteiger partial charge on any atom is 0.0946 e. The quantitative estimate of drug-likeness (QED) is 0.861. The molecule has 0 amide bonds. The smallest absolute Gasteiger partial charge is 0.0946 e. The lowest BCUT2D eigenvalue weighted by Crippen LogP contribution is -2.35. The van der Waals surface area contributed by atoms with E-state index in [0.29, 0.717) is 12.0 Å². The number of nitrogens with one attached hydrogen (secondary N) is 1. The maximum atomic E-state index is 4.27. The zero-order chi connectivity index (χ0) is 12.3. The molecule has 2 rings (SSSR count). The van der Waals surface area contributed by atoms with Crippen molar-refractivity contribution in [1.82, 2.24) is 19.8 Å². The van der Waals surface area contributed by atoms with Crippen molar-refractivity contribution in [3.8, 4) is 0 Å². The second-order valence-electron chi connectivity index (χ2n) is 5.17. The van der Waals surface area contributed by atoms with Crippen LogP contribution in [0.5, 0.6) is 0 Å². The molecule has 0 radical (unpaired) electrons. The van der Waals surface area contributed by atoms with E-state index in [-0.39, 0.29) is 0 Å². The van der Waals surface area contributed by atoms with E-state index in [4.69, 9.17) is 0 Å². The first-order chi connectivity index (χ1) is 8.24. The molecule has 4 heteroatoms. The van der Waals surface area contributed by atoms with Gasteiger partial charge in [-0.3, -0.25) is 4.90 Å². The molecule has 96 valence electrons. The molecule has 1 aromatic heterocycles. The van der Waals surface area contributed by atoms with E-state index in [1.54, 1.807) is 0 Å². The van der Waals surface area contributed by atoms with Crippen molar-refractivity contribution in [3.63, 3.8) is 0 Å². The molecule has 1 saturated heterocycles. The van der Waals surface area contributed by atoms with Crippen LogP contribution in [0.4, 0.5) is 0 Å². The van der Waals surface area contributed by atoms with Crippen molar-refractivity contribution in [2.24, 2.45) is 13.0 Å². The predicted molar refractivity (Wildman–Crippen MR) is 69.8 cm³/mol. The lowest BCUT2D eigenvalue weighted by atomic mass is 9.92. The first-order valence-electron chi connectivity index (χ1n) is 6.55. The summed E-state index contributed by atoms with van der Waals surface area (Å²) in [6.07, 6.45) is 7.89. The average Bonchev–Trinajstić information content (AvgIpc) is 2.63. The fourth-order valence-electron chi connectivity index (χ4n) is 3.02. The summed E-state index contributed by atoms with van der Waals surface area (Å²) in [5.74, 6) is 0.683. The topological polar surface area (TPSA) is 33.1 Å². The summed E-state index contributed by atoms with van der Waals surface area (Å²) >= 11 is 0. The molecule has 0 aliphatic carbocycles. The first-order valence-corrected chi connectivity index (χ1v) is 6.55. The van der Waals surface area contributed by atoms with Crippen LogP contribution in [-0.4, -0.2) is 41.6 Å². The minimum Gasteiger partial charge on any atom is -0.336 e. The molecule has 1 aromatic rings. The number of hydrogen-bond donors (Lipinski definition) is 1. The van der Waals surface area contributed by atoms with Crippen LogP contribution in [0.15, 0.2) is 12.5 Å². The van der Waals surface area contributed by atoms with Crippen molar-refractivity contribution < 1.29 is 0 Å². The van der Waals surface area contributed by atoms with Gasteiger partial charge in [-0.1, -0.05) is 6.42 Å². The number of aromatic nitrogens is 2. The number of likely N-dealkylation sites (tertiary alicyclic amines) is 1. The second-order valence-corrected chi connectivity index (χ2v) is 5.17. The molecule has 0 spiro atoms. The minimum absolute atomic E-state index is 0.498. The maximum absolute atomic E-state index is 4.27. The Morgan fingerprint density at radius 1 is 1.41 bits per heavy atom. The summed E-state index contributed by atoms with van der Waals surface area (Å²) in [6, 6.07) is 0.498. The summed E-state index contributed by atoms with van der Waals surface area (Å²) in [6.45, 7) is 2.27. The van der Waals surface area contributed by atoms with Crippen LogP contribution in [-0.2, 0) is 7.05 Å². The number of nitrogens with zero attached hydrogens (tertiary/aromatic N) is 3. The standard InChI is InChI=1S/C13H24N4/c1-14-8-11-6-4-5-7-16(2)13(11)12-9-15-10-17(12)3/h9-11,13-14H,4-8H2,1-3H3. The van der Waals surface area contributed by atoms with E-state index < -0.39 is 0 Å². The Balaban J connectivity index is 2.26. The molecule has 0 aromatic carbocycles. The van der Waals surface area contributed by atoms with Gasteiger partial charge in [0, 0.05) is 13.2 Å². The summed E-state index contributed by atoms with van der Waals surface area (Å²) in [5, 5.41) is 3.34. The second kappa shape index (κ2) is 5.65. The van der Waals surface area contributed by atoms with Crippen molar-refractivity contribution in [3.05, 3.63) is 18.2 Å². The van der Waals surface area contributed by atoms with Crippen molar-refractivity contribution >= 4 is 0 Å². The molecule has 0 bridgehead atoms. The fraction of sp³-hybridized carbons (Fsp3) is 0.769. The minimum atomic E-state index is 0.498. The van der Waals surface area contributed by atoms with Gasteiger partial charge in [-0.15, -0.1) is 0 Å². The normalized spacial score (nSPS) is 27.0. The fourth-order valence-corrected chi connectivity index (χ4v) is 3.02. The van der Waals surface area contributed by atoms with E-state index >= 15 is 0 Å². The van der Waals surface area contributed by atoms with Gasteiger partial charge in [-0.05, 0) is 45.9 Å². The van der Waals surface area contributed by atoms with Gasteiger partial charge in [-0.2, -0.15) is 0 Å². The Hall–Kier alpha value is -0.870. The van der Waals surface area contributed by atoms with Crippen molar-refractivity contribution in [2.75, 3.05) is 27.2 Å². The molecule has 4 nitrogen and oxygen atoms in total. The number of aryl methyl sites for hydroxylation is 1. The number of hydrogen-bond acceptors (Lipinski definition) is 3. The van der Waals surface area contributed by atoms with E-state index in [0.717, 1.165) is 6.54 Å². The molecule has 1 N–H and O–H groups in total. The van der Waals surface area contributed by atoms with Gasteiger partial charge >= 0.3 is 0 Å². The summed E-state index contributed by atoms with van der Waals surface area (Å²) in [7, 11) is 6.38. The van der Waals surface area contributed by atoms with Crippen LogP contribution < -0.4 is 5.32 Å². The highest BCUT2D eigenvalue weighted by Gasteiger charge is 2.30. The largest absolute Gasteiger partial charge is 0.336 e. The molecule has 0 saturated carbocycles. The van der Waals surface area contributed by atoms with Crippen LogP contribution in [0.3, 0.4) is 0 Å². The van der Waals surface area contributed by atoms with Crippen molar-refractivity contribution in [2.45, 2.75) is 25.3 Å². The third-order valence-electron chi connectivity index (χ3n) is 3.88. The van der Waals surface area contributed by atoms with Gasteiger partial charge in [0.05, 0.1) is 18.1 Å². The highest BCUT2D eigenvalue weighted by molar-refractivity contribution is 5.08. The average molecular weight is 236 g/mol. The van der Waals surface area contributed by atoms with Crippen LogP contribution >= 0.6 is 0 Å². The van der Waals surface area contributed by atoms with E-state index in [1.165, 1.54) is 31.5 Å². The Labute approximate surface area is 104 Å². The summed E-state index contributed by atoms with van der Waals surface area (Å²) in [4.78, 5) is 6.76. The molecule has 2 atom stereocenters. The molecule has 1 aliphatic rings. The lowest BCUT2D eigenvalue weighted by molar-refractivity contribution is 0.183. The molecule has 2 unspecified atom stereocenters. The third-order valence-corrected chi connectivity index (χ3v) is 3.88. The number of imidazole rings is 1. The van der Waals surface area contributed by atoms with Gasteiger partial charge in [0.1, 0.15) is 0 Å². The number of rotatable bonds is 3. The lowest BCUT2D eigenvalue weighted by Gasteiger charge is -2.32. The van der Waals surface area contributed by atoms with E-state index in [2.05, 4.69) is 33.9 Å². The molecule has 1 fully saturated rings. The highest BCUT2D eigenvalue weighted by atomic mass is 15.2. The Morgan fingerprint density at radius 3 is 2.88 bits per heavy atom. The van der Waals surface area contributed by atoms with Gasteiger partial charge in [0.15, 0.2) is 0 Å². The first kappa shape index (κ1) is 12.6. The van der Waals surface area contributed by atoms with Crippen LogP contribution in [0, 0.1) is 5.92 Å². The Morgan fingerprint density at radius 2 is 2.24 bits per heavy atom. The van der Waals surface area contributed by atoms with Gasteiger partial charge in [0.25, 0.3) is 0 Å². The van der Waals surface area contributed by atoms with E-state index in [1.807, 2.05) is 19.6 Å². The summed E-state index contributed by atoms with van der Waals surface area (Å²) < 4.78 is 2.16. The van der Waals surface area contributed by atoms with Crippen LogP contribution in [0.1, 0.15) is 31.0 Å². The van der Waals surface area contributed by atoms with E-state index in [9.17, 15) is 0 Å². The molecular formula is C13H24N4. The molecule has 1 aliphatic heterocycles. The molecule has 17 heavy (non-hydrogen) atoms. The van der Waals surface area contributed by atoms with Crippen LogP contribution in [0.25, 0.3) is 0 Å². The zero-order valence-corrected chi connectivity index (χ0v) is 11.2. The molecule has 2 heterocycles. The van der Waals surface area contributed by atoms with Gasteiger partial charge in [-0.25, -0.2) is 4.98 Å².